The summed E-state index contributed by atoms with van der Waals surface area (Å²) in [6, 6.07) is 0. The molecule has 0 aromatic rings. The summed E-state index contributed by atoms with van der Waals surface area (Å²) < 4.78 is 5.04. The fraction of sp³-hybridized carbons (Fsp3) is 0.800. The van der Waals surface area contributed by atoms with E-state index >= 15 is 0 Å². The van der Waals surface area contributed by atoms with Crippen molar-refractivity contribution in [2.75, 3.05) is 32.8 Å². The van der Waals surface area contributed by atoms with Gasteiger partial charge >= 0.3 is 5.97 Å². The smallest absolute Gasteiger partial charge is 0.310 e. The number of hydrogen-bond donors (Lipinski definition) is 0. The zero-order valence-corrected chi connectivity index (χ0v) is 12.7. The minimum Gasteiger partial charge on any atom is -0.466 e. The predicted octanol–water partition coefficient (Wildman–Crippen LogP) is 0.801. The van der Waals surface area contributed by atoms with E-state index in [1.165, 1.54) is 0 Å². The van der Waals surface area contributed by atoms with Crippen LogP contribution in [0.5, 0.6) is 0 Å². The highest BCUT2D eigenvalue weighted by Gasteiger charge is 2.30. The van der Waals surface area contributed by atoms with Crippen LogP contribution in [0, 0.1) is 5.92 Å². The molecule has 21 heavy (non-hydrogen) atoms. The number of nitrogens with zero attached hydrogens (tertiary/aromatic N) is 2. The molecular weight excluding hydrogens is 272 g/mol. The highest BCUT2D eigenvalue weighted by atomic mass is 16.5. The molecule has 0 aromatic carbocycles. The van der Waals surface area contributed by atoms with Gasteiger partial charge in [-0.25, -0.2) is 0 Å². The first-order chi connectivity index (χ1) is 10.1. The van der Waals surface area contributed by atoms with Gasteiger partial charge in [0.1, 0.15) is 0 Å². The largest absolute Gasteiger partial charge is 0.466 e. The average Bonchev–Trinajstić information content (AvgIpc) is 2.50. The second-order valence-electron chi connectivity index (χ2n) is 5.70. The van der Waals surface area contributed by atoms with Crippen molar-refractivity contribution in [3.05, 3.63) is 0 Å². The van der Waals surface area contributed by atoms with Gasteiger partial charge in [-0.3, -0.25) is 14.4 Å². The van der Waals surface area contributed by atoms with E-state index in [4.69, 9.17) is 4.74 Å². The zero-order valence-electron chi connectivity index (χ0n) is 12.7. The van der Waals surface area contributed by atoms with Crippen molar-refractivity contribution in [1.82, 2.24) is 9.80 Å². The van der Waals surface area contributed by atoms with Crippen LogP contribution in [0.3, 0.4) is 0 Å². The normalized spacial score (nSPS) is 23.1. The fourth-order valence-electron chi connectivity index (χ4n) is 2.95. The Morgan fingerprint density at radius 3 is 2.76 bits per heavy atom. The number of esters is 1. The second kappa shape index (κ2) is 7.43. The summed E-state index contributed by atoms with van der Waals surface area (Å²) in [6.07, 6.45) is 4.00. The van der Waals surface area contributed by atoms with Gasteiger partial charge in [-0.05, 0) is 32.6 Å². The molecule has 2 heterocycles. The third kappa shape index (κ3) is 4.19. The highest BCUT2D eigenvalue weighted by molar-refractivity contribution is 5.85. The van der Waals surface area contributed by atoms with Gasteiger partial charge in [-0.1, -0.05) is 0 Å². The molecule has 0 spiro atoms. The number of hydrogen-bond acceptors (Lipinski definition) is 4. The first-order valence-corrected chi connectivity index (χ1v) is 7.84. The van der Waals surface area contributed by atoms with Crippen LogP contribution in [0.15, 0.2) is 0 Å². The molecule has 2 saturated heterocycles. The van der Waals surface area contributed by atoms with Gasteiger partial charge in [0.25, 0.3) is 0 Å². The molecule has 0 radical (unpaired) electrons. The maximum Gasteiger partial charge on any atom is 0.310 e. The van der Waals surface area contributed by atoms with Crippen LogP contribution in [0.25, 0.3) is 0 Å². The number of piperidine rings is 2. The topological polar surface area (TPSA) is 66.9 Å². The Morgan fingerprint density at radius 1 is 1.24 bits per heavy atom. The van der Waals surface area contributed by atoms with Crippen molar-refractivity contribution in [2.45, 2.75) is 39.0 Å². The molecule has 6 heteroatoms. The molecule has 0 saturated carbocycles. The number of rotatable bonds is 4. The van der Waals surface area contributed by atoms with Gasteiger partial charge in [0.2, 0.25) is 11.8 Å². The van der Waals surface area contributed by atoms with Crippen LogP contribution in [-0.2, 0) is 19.1 Å². The summed E-state index contributed by atoms with van der Waals surface area (Å²) in [7, 11) is 0. The molecular formula is C15H24N2O4. The van der Waals surface area contributed by atoms with Crippen LogP contribution in [0.1, 0.15) is 39.0 Å². The maximum atomic E-state index is 12.3. The van der Waals surface area contributed by atoms with E-state index in [9.17, 15) is 14.4 Å². The highest BCUT2D eigenvalue weighted by Crippen LogP contribution is 2.19. The number of likely N-dealkylation sites (tertiary alicyclic amines) is 2. The molecule has 2 aliphatic rings. The Kier molecular flexibility index (Phi) is 5.59. The van der Waals surface area contributed by atoms with E-state index in [1.54, 1.807) is 16.7 Å². The molecule has 0 aromatic heterocycles. The lowest BCUT2D eigenvalue weighted by atomic mass is 9.98. The molecule has 2 fully saturated rings. The lowest BCUT2D eigenvalue weighted by Gasteiger charge is -2.34. The monoisotopic (exact) mass is 296 g/mol. The van der Waals surface area contributed by atoms with Crippen LogP contribution >= 0.6 is 0 Å². The van der Waals surface area contributed by atoms with Crippen molar-refractivity contribution in [3.63, 3.8) is 0 Å². The molecule has 2 rings (SSSR count). The molecule has 0 aliphatic carbocycles. The Labute approximate surface area is 125 Å². The summed E-state index contributed by atoms with van der Waals surface area (Å²) in [5.41, 5.74) is 0. The van der Waals surface area contributed by atoms with Crippen molar-refractivity contribution in [3.8, 4) is 0 Å². The lowest BCUT2D eigenvalue weighted by molar-refractivity contribution is -0.152. The SMILES string of the molecule is CCOC(=O)C1CCCN(C(=O)CN2CCCCC2=O)C1. The Bertz CT molecular complexity index is 410. The van der Waals surface area contributed by atoms with Crippen molar-refractivity contribution in [1.29, 1.82) is 0 Å². The predicted molar refractivity (Wildman–Crippen MR) is 76.4 cm³/mol. The van der Waals surface area contributed by atoms with Gasteiger partial charge in [-0.2, -0.15) is 0 Å². The van der Waals surface area contributed by atoms with Gasteiger partial charge in [0.05, 0.1) is 19.1 Å². The van der Waals surface area contributed by atoms with Crippen LogP contribution in [0.2, 0.25) is 0 Å². The standard InChI is InChI=1S/C15H24N2O4/c1-2-21-15(20)12-6-5-9-16(10-12)14(19)11-17-8-4-3-7-13(17)18/h12H,2-11H2,1H3. The molecule has 0 N–H and O–H groups in total. The van der Waals surface area contributed by atoms with Crippen LogP contribution < -0.4 is 0 Å². The Morgan fingerprint density at radius 2 is 2.05 bits per heavy atom. The quantitative estimate of drug-likeness (QED) is 0.720. The lowest BCUT2D eigenvalue weighted by Crippen LogP contribution is -2.48. The molecule has 2 aliphatic heterocycles. The van der Waals surface area contributed by atoms with Crippen molar-refractivity contribution >= 4 is 17.8 Å². The first-order valence-electron chi connectivity index (χ1n) is 7.84. The molecule has 2 amide bonds. The Balaban J connectivity index is 1.86. The minimum absolute atomic E-state index is 0.0563. The number of carbonyl (C=O) groups is 3. The first kappa shape index (κ1) is 15.8. The van der Waals surface area contributed by atoms with Crippen molar-refractivity contribution in [2.24, 2.45) is 5.92 Å². The summed E-state index contributed by atoms with van der Waals surface area (Å²) >= 11 is 0. The van der Waals surface area contributed by atoms with E-state index in [-0.39, 0.29) is 30.2 Å². The average molecular weight is 296 g/mol. The fourth-order valence-corrected chi connectivity index (χ4v) is 2.95. The van der Waals surface area contributed by atoms with E-state index < -0.39 is 0 Å². The maximum absolute atomic E-state index is 12.3. The summed E-state index contributed by atoms with van der Waals surface area (Å²) in [5.74, 6) is -0.434. The molecule has 6 nitrogen and oxygen atoms in total. The summed E-state index contributed by atoms with van der Waals surface area (Å²) in [4.78, 5) is 39.2. The second-order valence-corrected chi connectivity index (χ2v) is 5.70. The van der Waals surface area contributed by atoms with Gasteiger partial charge < -0.3 is 14.5 Å². The molecule has 118 valence electrons. The van der Waals surface area contributed by atoms with E-state index in [0.29, 0.717) is 32.7 Å². The van der Waals surface area contributed by atoms with Crippen LogP contribution in [0.4, 0.5) is 0 Å². The number of ether oxygens (including phenoxy) is 1. The molecule has 1 unspecified atom stereocenters. The number of amides is 2. The third-order valence-corrected chi connectivity index (χ3v) is 4.14. The summed E-state index contributed by atoms with van der Waals surface area (Å²) in [5, 5.41) is 0. The minimum atomic E-state index is -0.222. The van der Waals surface area contributed by atoms with Gasteiger partial charge in [0.15, 0.2) is 0 Å². The number of carbonyl (C=O) groups excluding carboxylic acids is 3. The Hall–Kier alpha value is -1.59. The van der Waals surface area contributed by atoms with E-state index in [1.807, 2.05) is 0 Å². The molecule has 0 bridgehead atoms. The van der Waals surface area contributed by atoms with E-state index in [0.717, 1.165) is 25.7 Å². The zero-order chi connectivity index (χ0) is 15.2. The molecule has 1 atom stereocenters. The summed E-state index contributed by atoms with van der Waals surface area (Å²) in [6.45, 7) is 4.04. The van der Waals surface area contributed by atoms with Gasteiger partial charge in [-0.15, -0.1) is 0 Å². The van der Waals surface area contributed by atoms with Crippen molar-refractivity contribution < 1.29 is 19.1 Å². The third-order valence-electron chi connectivity index (χ3n) is 4.14. The van der Waals surface area contributed by atoms with Crippen LogP contribution in [-0.4, -0.2) is 60.4 Å². The van der Waals surface area contributed by atoms with E-state index in [2.05, 4.69) is 0 Å². The van der Waals surface area contributed by atoms with Gasteiger partial charge in [0, 0.05) is 26.1 Å².